The van der Waals surface area contributed by atoms with Crippen LogP contribution in [0.25, 0.3) is 10.9 Å². The van der Waals surface area contributed by atoms with Gasteiger partial charge in [0.15, 0.2) is 0 Å². The lowest BCUT2D eigenvalue weighted by atomic mass is 9.69. The number of anilines is 1. The number of halogens is 3. The lowest BCUT2D eigenvalue weighted by Gasteiger charge is -2.36. The van der Waals surface area contributed by atoms with Gasteiger partial charge in [-0.05, 0) is 62.4 Å². The zero-order chi connectivity index (χ0) is 26.3. The Morgan fingerprint density at radius 2 is 1.97 bits per heavy atom. The maximum atomic E-state index is 14.0. The third-order valence-corrected chi connectivity index (χ3v) is 9.79. The maximum Gasteiger partial charge on any atom is 0.256 e. The molecular formula is C28H27BrF2N4O3. The predicted octanol–water partition coefficient (Wildman–Crippen LogP) is 5.19. The number of rotatable bonds is 4. The zero-order valence-corrected chi connectivity index (χ0v) is 22.3. The molecule has 7 nitrogen and oxygen atoms in total. The molecule has 2 aromatic carbocycles. The molecule has 1 N–H and O–H groups in total. The van der Waals surface area contributed by atoms with Gasteiger partial charge in [0.2, 0.25) is 11.8 Å². The third kappa shape index (κ3) is 3.52. The highest BCUT2D eigenvalue weighted by Gasteiger charge is 2.73. The fourth-order valence-corrected chi connectivity index (χ4v) is 7.57. The fraction of sp³-hybridized carbons (Fsp3) is 0.464. The smallest absolute Gasteiger partial charge is 0.256 e. The molecule has 0 bridgehead atoms. The van der Waals surface area contributed by atoms with Gasteiger partial charge < -0.3 is 14.5 Å². The minimum Gasteiger partial charge on any atom is -0.490 e. The lowest BCUT2D eigenvalue weighted by Crippen LogP contribution is -2.47. The number of carbonyl (C=O) groups excluding carboxylic acids is 2. The van der Waals surface area contributed by atoms with Gasteiger partial charge in [-0.15, -0.1) is 0 Å². The first-order valence-corrected chi connectivity index (χ1v) is 13.9. The molecule has 38 heavy (non-hydrogen) atoms. The molecule has 3 fully saturated rings. The van der Waals surface area contributed by atoms with E-state index in [1.807, 2.05) is 36.4 Å². The molecule has 2 aliphatic carbocycles. The summed E-state index contributed by atoms with van der Waals surface area (Å²) < 4.78 is 34.9. The average Bonchev–Trinajstić information content (AvgIpc) is 3.33. The number of hydrogen-bond acceptors (Lipinski definition) is 4. The first-order valence-electron chi connectivity index (χ1n) is 13.1. The van der Waals surface area contributed by atoms with Crippen molar-refractivity contribution in [3.8, 4) is 5.75 Å². The molecule has 3 aromatic rings. The molecule has 1 unspecified atom stereocenters. The van der Waals surface area contributed by atoms with Gasteiger partial charge in [-0.1, -0.05) is 22.0 Å². The second-order valence-corrected chi connectivity index (χ2v) is 12.1. The molecule has 3 heterocycles. The molecular weight excluding hydrogens is 558 g/mol. The van der Waals surface area contributed by atoms with Gasteiger partial charge in [0.1, 0.15) is 12.3 Å². The second kappa shape index (κ2) is 8.24. The number of likely N-dealkylation sites (tertiary alicyclic amines) is 1. The van der Waals surface area contributed by atoms with Crippen molar-refractivity contribution in [2.75, 3.05) is 24.5 Å². The summed E-state index contributed by atoms with van der Waals surface area (Å²) in [5.74, 6) is -2.27. The van der Waals surface area contributed by atoms with Crippen LogP contribution in [0.3, 0.4) is 0 Å². The quantitative estimate of drug-likeness (QED) is 0.458. The van der Waals surface area contributed by atoms with Crippen LogP contribution < -0.4 is 9.64 Å². The summed E-state index contributed by atoms with van der Waals surface area (Å²) in [6, 6.07) is 11.5. The number of aromatic amines is 1. The fourth-order valence-electron chi connectivity index (χ4n) is 6.84. The number of ether oxygens (including phenoxy) is 1. The van der Waals surface area contributed by atoms with Crippen molar-refractivity contribution in [2.24, 2.45) is 5.41 Å². The van der Waals surface area contributed by atoms with Gasteiger partial charge in [-0.25, -0.2) is 8.78 Å². The van der Waals surface area contributed by atoms with E-state index in [4.69, 9.17) is 4.74 Å². The van der Waals surface area contributed by atoms with E-state index in [1.54, 1.807) is 11.1 Å². The largest absolute Gasteiger partial charge is 0.490 e. The number of nitrogens with zero attached hydrogens (tertiary/aromatic N) is 3. The maximum absolute atomic E-state index is 14.0. The number of benzene rings is 2. The molecule has 2 aliphatic heterocycles. The Balaban J connectivity index is 1.09. The van der Waals surface area contributed by atoms with E-state index in [2.05, 4.69) is 26.1 Å². The summed E-state index contributed by atoms with van der Waals surface area (Å²) in [6.07, 6.45) is 4.50. The standard InChI is InChI=1S/C28H27BrF2N4O3/c29-20-2-1-3-22-24(20)27(8-6-18(7-9-27)38-19-4-5-21-17(12-19)13-32-33-21)25(37)35(22)14-23(36)34-11-10-26(16-34)15-28(26,30)31/h1-5,12-13,18H,6-11,14-16H2,(H,32,33). The van der Waals surface area contributed by atoms with Crippen LogP contribution in [0.15, 0.2) is 47.1 Å². The number of alkyl halides is 2. The van der Waals surface area contributed by atoms with Gasteiger partial charge >= 0.3 is 0 Å². The van der Waals surface area contributed by atoms with Crippen LogP contribution in [-0.2, 0) is 15.0 Å². The van der Waals surface area contributed by atoms with Gasteiger partial charge in [-0.3, -0.25) is 14.7 Å². The first-order chi connectivity index (χ1) is 18.2. The normalized spacial score (nSPS) is 29.4. The van der Waals surface area contributed by atoms with Crippen LogP contribution in [0, 0.1) is 5.41 Å². The number of nitrogens with one attached hydrogen (secondary N) is 1. The van der Waals surface area contributed by atoms with Crippen molar-refractivity contribution in [2.45, 2.75) is 56.0 Å². The van der Waals surface area contributed by atoms with E-state index in [0.29, 0.717) is 38.6 Å². The Labute approximate surface area is 226 Å². The van der Waals surface area contributed by atoms with Crippen molar-refractivity contribution < 1.29 is 23.1 Å². The van der Waals surface area contributed by atoms with Crippen molar-refractivity contribution in [3.63, 3.8) is 0 Å². The minimum absolute atomic E-state index is 0.0274. The minimum atomic E-state index is -2.68. The van der Waals surface area contributed by atoms with Crippen molar-refractivity contribution in [1.82, 2.24) is 15.1 Å². The van der Waals surface area contributed by atoms with Crippen molar-refractivity contribution in [1.29, 1.82) is 0 Å². The van der Waals surface area contributed by atoms with E-state index in [1.165, 1.54) is 4.90 Å². The number of fused-ring (bicyclic) bond motifs is 3. The zero-order valence-electron chi connectivity index (χ0n) is 20.7. The topological polar surface area (TPSA) is 78.5 Å². The predicted molar refractivity (Wildman–Crippen MR) is 140 cm³/mol. The van der Waals surface area contributed by atoms with E-state index < -0.39 is 16.8 Å². The molecule has 4 aliphatic rings. The van der Waals surface area contributed by atoms with Gasteiger partial charge in [0.25, 0.3) is 5.92 Å². The summed E-state index contributed by atoms with van der Waals surface area (Å²) in [6.45, 7) is 0.258. The Morgan fingerprint density at radius 1 is 1.18 bits per heavy atom. The van der Waals surface area contributed by atoms with Gasteiger partial charge in [0, 0.05) is 40.6 Å². The van der Waals surface area contributed by atoms with E-state index >= 15 is 0 Å². The number of carbonyl (C=O) groups is 2. The van der Waals surface area contributed by atoms with Crippen LogP contribution in [0.2, 0.25) is 0 Å². The van der Waals surface area contributed by atoms with Gasteiger partial charge in [-0.2, -0.15) is 5.10 Å². The van der Waals surface area contributed by atoms with Crippen LogP contribution in [0.1, 0.15) is 44.1 Å². The monoisotopic (exact) mass is 584 g/mol. The molecule has 2 saturated carbocycles. The van der Waals surface area contributed by atoms with Crippen molar-refractivity contribution >= 4 is 44.3 Å². The SMILES string of the molecule is O=C(CN1C(=O)C2(CCC(Oc3ccc4[nH]ncc4c3)CC2)c2c(Br)cccc21)N1CCC2(C1)CC2(F)F. The number of H-pyrrole nitrogens is 1. The Morgan fingerprint density at radius 3 is 2.71 bits per heavy atom. The van der Waals surface area contributed by atoms with Crippen LogP contribution in [-0.4, -0.2) is 58.6 Å². The van der Waals surface area contributed by atoms with Crippen LogP contribution in [0.4, 0.5) is 14.5 Å². The molecule has 2 amide bonds. The number of amides is 2. The Kier molecular flexibility index (Phi) is 5.22. The van der Waals surface area contributed by atoms with E-state index in [-0.39, 0.29) is 37.4 Å². The molecule has 10 heteroatoms. The van der Waals surface area contributed by atoms with E-state index in [9.17, 15) is 18.4 Å². The summed E-state index contributed by atoms with van der Waals surface area (Å²) in [7, 11) is 0. The highest BCUT2D eigenvalue weighted by atomic mass is 79.9. The van der Waals surface area contributed by atoms with Crippen LogP contribution >= 0.6 is 15.9 Å². The first kappa shape index (κ1) is 24.1. The average molecular weight is 585 g/mol. The van der Waals surface area contributed by atoms with Crippen molar-refractivity contribution in [3.05, 3.63) is 52.6 Å². The Bertz CT molecular complexity index is 1470. The molecule has 1 saturated heterocycles. The van der Waals surface area contributed by atoms with E-state index in [0.717, 1.165) is 32.4 Å². The highest BCUT2D eigenvalue weighted by molar-refractivity contribution is 9.10. The molecule has 2 spiro atoms. The van der Waals surface area contributed by atoms with Crippen LogP contribution in [0.5, 0.6) is 5.75 Å². The number of hydrogen-bond donors (Lipinski definition) is 1. The summed E-state index contributed by atoms with van der Waals surface area (Å²) in [4.78, 5) is 30.3. The summed E-state index contributed by atoms with van der Waals surface area (Å²) >= 11 is 3.67. The molecule has 1 aromatic heterocycles. The summed E-state index contributed by atoms with van der Waals surface area (Å²) in [5.41, 5.74) is 0.804. The Hall–Kier alpha value is -3.01. The molecule has 198 valence electrons. The third-order valence-electron chi connectivity index (χ3n) is 9.13. The molecule has 0 radical (unpaired) electrons. The summed E-state index contributed by atoms with van der Waals surface area (Å²) in [5, 5.41) is 7.97. The lowest BCUT2D eigenvalue weighted by molar-refractivity contribution is -0.132. The number of aromatic nitrogens is 2. The second-order valence-electron chi connectivity index (χ2n) is 11.3. The molecule has 7 rings (SSSR count). The van der Waals surface area contributed by atoms with Gasteiger partial charge in [0.05, 0.1) is 28.6 Å². The molecule has 1 atom stereocenters. The highest BCUT2D eigenvalue weighted by Crippen LogP contribution is 2.65.